The number of rotatable bonds is 1. The highest BCUT2D eigenvalue weighted by atomic mass is 35.5. The number of hydrogen-bond acceptors (Lipinski definition) is 1. The van der Waals surface area contributed by atoms with Crippen molar-refractivity contribution in [2.45, 2.75) is 32.3 Å². The van der Waals surface area contributed by atoms with Gasteiger partial charge < -0.3 is 5.11 Å². The fraction of sp³-hybridized carbons (Fsp3) is 0.500. The molecule has 0 amide bonds. The lowest BCUT2D eigenvalue weighted by Gasteiger charge is -2.49. The zero-order valence-corrected chi connectivity index (χ0v) is 9.25. The third-order valence-electron chi connectivity index (χ3n) is 3.49. The fourth-order valence-electron chi connectivity index (χ4n) is 2.16. The monoisotopic (exact) mass is 210 g/mol. The van der Waals surface area contributed by atoms with Crippen LogP contribution in [0.25, 0.3) is 0 Å². The first-order chi connectivity index (χ1) is 6.51. The first kappa shape index (κ1) is 10.0. The van der Waals surface area contributed by atoms with Crippen molar-refractivity contribution in [1.82, 2.24) is 0 Å². The molecule has 1 aromatic carbocycles. The summed E-state index contributed by atoms with van der Waals surface area (Å²) >= 11 is 5.83. The lowest BCUT2D eigenvalue weighted by atomic mass is 9.58. The van der Waals surface area contributed by atoms with Crippen LogP contribution in [-0.2, 0) is 0 Å². The molecule has 1 aliphatic carbocycles. The SMILES string of the molecule is CC1(C)[C@H](O)C[C@H]1c1ccc(Cl)cc1. The Morgan fingerprint density at radius 2 is 1.86 bits per heavy atom. The highest BCUT2D eigenvalue weighted by Gasteiger charge is 2.47. The van der Waals surface area contributed by atoms with Gasteiger partial charge >= 0.3 is 0 Å². The van der Waals surface area contributed by atoms with Crippen LogP contribution in [0.3, 0.4) is 0 Å². The standard InChI is InChI=1S/C12H15ClO/c1-12(2)10(7-11(12)14)8-3-5-9(13)6-4-8/h3-6,10-11,14H,7H2,1-2H3/t10-,11+/m0/s1. The molecule has 1 aliphatic rings. The maximum atomic E-state index is 9.64. The Hall–Kier alpha value is -0.530. The summed E-state index contributed by atoms with van der Waals surface area (Å²) in [5.41, 5.74) is 1.29. The van der Waals surface area contributed by atoms with Crippen LogP contribution in [0.15, 0.2) is 24.3 Å². The van der Waals surface area contributed by atoms with Crippen molar-refractivity contribution in [2.24, 2.45) is 5.41 Å². The van der Waals surface area contributed by atoms with E-state index < -0.39 is 0 Å². The Bertz CT molecular complexity index is 329. The molecule has 0 heterocycles. The average Bonchev–Trinajstić information content (AvgIpc) is 2.16. The highest BCUT2D eigenvalue weighted by Crippen LogP contribution is 2.52. The predicted octanol–water partition coefficient (Wildman–Crippen LogP) is 3.21. The van der Waals surface area contributed by atoms with Gasteiger partial charge in [-0.15, -0.1) is 0 Å². The van der Waals surface area contributed by atoms with Crippen LogP contribution in [0, 0.1) is 5.41 Å². The topological polar surface area (TPSA) is 20.2 Å². The summed E-state index contributed by atoms with van der Waals surface area (Å²) in [5.74, 6) is 0.467. The first-order valence-electron chi connectivity index (χ1n) is 4.95. The van der Waals surface area contributed by atoms with Gasteiger partial charge in [0, 0.05) is 5.02 Å². The van der Waals surface area contributed by atoms with Gasteiger partial charge in [0.25, 0.3) is 0 Å². The molecule has 0 spiro atoms. The average molecular weight is 211 g/mol. The lowest BCUT2D eigenvalue weighted by Crippen LogP contribution is -2.47. The number of halogens is 1. The molecular formula is C12H15ClO. The summed E-state index contributed by atoms with van der Waals surface area (Å²) < 4.78 is 0. The third kappa shape index (κ3) is 1.45. The summed E-state index contributed by atoms with van der Waals surface area (Å²) in [7, 11) is 0. The van der Waals surface area contributed by atoms with Crippen LogP contribution in [-0.4, -0.2) is 11.2 Å². The van der Waals surface area contributed by atoms with E-state index in [1.807, 2.05) is 12.1 Å². The second kappa shape index (κ2) is 3.25. The molecule has 1 aromatic rings. The third-order valence-corrected chi connectivity index (χ3v) is 3.74. The van der Waals surface area contributed by atoms with Gasteiger partial charge in [0.15, 0.2) is 0 Å². The van der Waals surface area contributed by atoms with E-state index in [-0.39, 0.29) is 11.5 Å². The Kier molecular flexibility index (Phi) is 2.32. The van der Waals surface area contributed by atoms with Gasteiger partial charge in [-0.1, -0.05) is 37.6 Å². The summed E-state index contributed by atoms with van der Waals surface area (Å²) in [6.07, 6.45) is 0.706. The molecule has 76 valence electrons. The molecule has 2 atom stereocenters. The van der Waals surface area contributed by atoms with Gasteiger partial charge in [-0.25, -0.2) is 0 Å². The van der Waals surface area contributed by atoms with Crippen LogP contribution in [0.1, 0.15) is 31.7 Å². The highest BCUT2D eigenvalue weighted by molar-refractivity contribution is 6.30. The minimum absolute atomic E-state index is 0.00777. The van der Waals surface area contributed by atoms with Crippen molar-refractivity contribution in [2.75, 3.05) is 0 Å². The van der Waals surface area contributed by atoms with Gasteiger partial charge in [-0.2, -0.15) is 0 Å². The molecule has 0 bridgehead atoms. The van der Waals surface area contributed by atoms with Crippen LogP contribution in [0.5, 0.6) is 0 Å². The van der Waals surface area contributed by atoms with Crippen LogP contribution in [0.2, 0.25) is 5.02 Å². The normalized spacial score (nSPS) is 29.7. The molecule has 14 heavy (non-hydrogen) atoms. The van der Waals surface area contributed by atoms with E-state index in [9.17, 15) is 5.11 Å². The molecule has 0 aliphatic heterocycles. The van der Waals surface area contributed by atoms with Crippen molar-refractivity contribution in [1.29, 1.82) is 0 Å². The van der Waals surface area contributed by atoms with Gasteiger partial charge in [0.05, 0.1) is 6.10 Å². The number of aliphatic hydroxyl groups is 1. The zero-order valence-electron chi connectivity index (χ0n) is 8.50. The van der Waals surface area contributed by atoms with E-state index in [1.54, 1.807) is 0 Å². The molecule has 1 fully saturated rings. The van der Waals surface area contributed by atoms with E-state index >= 15 is 0 Å². The molecule has 1 N–H and O–H groups in total. The Morgan fingerprint density at radius 1 is 1.29 bits per heavy atom. The Balaban J connectivity index is 2.22. The van der Waals surface area contributed by atoms with Crippen LogP contribution < -0.4 is 0 Å². The molecule has 0 aromatic heterocycles. The summed E-state index contributed by atoms with van der Waals surface area (Å²) in [5, 5.41) is 10.4. The summed E-state index contributed by atoms with van der Waals surface area (Å²) in [4.78, 5) is 0. The van der Waals surface area contributed by atoms with E-state index in [0.717, 1.165) is 11.4 Å². The predicted molar refractivity (Wildman–Crippen MR) is 58.6 cm³/mol. The quantitative estimate of drug-likeness (QED) is 0.755. The molecule has 1 nitrogen and oxygen atoms in total. The molecular weight excluding hydrogens is 196 g/mol. The molecule has 2 heteroatoms. The van der Waals surface area contributed by atoms with Crippen molar-refractivity contribution >= 4 is 11.6 Å². The molecule has 0 unspecified atom stereocenters. The van der Waals surface area contributed by atoms with Crippen LogP contribution >= 0.6 is 11.6 Å². The largest absolute Gasteiger partial charge is 0.393 e. The lowest BCUT2D eigenvalue weighted by molar-refractivity contribution is -0.0625. The smallest absolute Gasteiger partial charge is 0.0603 e. The van der Waals surface area contributed by atoms with Gasteiger partial charge in [0.2, 0.25) is 0 Å². The first-order valence-corrected chi connectivity index (χ1v) is 5.33. The second-order valence-electron chi connectivity index (χ2n) is 4.68. The summed E-state index contributed by atoms with van der Waals surface area (Å²) in [6.45, 7) is 4.22. The molecule has 2 rings (SSSR count). The minimum atomic E-state index is -0.164. The van der Waals surface area contributed by atoms with E-state index in [4.69, 9.17) is 11.6 Å². The fourth-order valence-corrected chi connectivity index (χ4v) is 2.29. The Labute approximate surface area is 89.7 Å². The van der Waals surface area contributed by atoms with Crippen molar-refractivity contribution < 1.29 is 5.11 Å². The number of aliphatic hydroxyl groups excluding tert-OH is 1. The second-order valence-corrected chi connectivity index (χ2v) is 5.11. The van der Waals surface area contributed by atoms with Crippen molar-refractivity contribution in [3.8, 4) is 0 Å². The van der Waals surface area contributed by atoms with Crippen LogP contribution in [0.4, 0.5) is 0 Å². The van der Waals surface area contributed by atoms with Crippen molar-refractivity contribution in [3.05, 3.63) is 34.9 Å². The van der Waals surface area contributed by atoms with E-state index in [2.05, 4.69) is 26.0 Å². The van der Waals surface area contributed by atoms with Gasteiger partial charge in [-0.3, -0.25) is 0 Å². The zero-order chi connectivity index (χ0) is 10.3. The number of benzene rings is 1. The number of hydrogen-bond donors (Lipinski definition) is 1. The molecule has 0 saturated heterocycles. The Morgan fingerprint density at radius 3 is 2.29 bits per heavy atom. The van der Waals surface area contributed by atoms with Gasteiger partial charge in [-0.05, 0) is 35.4 Å². The summed E-state index contributed by atoms with van der Waals surface area (Å²) in [6, 6.07) is 7.94. The van der Waals surface area contributed by atoms with Gasteiger partial charge in [0.1, 0.15) is 0 Å². The van der Waals surface area contributed by atoms with E-state index in [0.29, 0.717) is 5.92 Å². The minimum Gasteiger partial charge on any atom is -0.393 e. The van der Waals surface area contributed by atoms with E-state index in [1.165, 1.54) is 5.56 Å². The maximum Gasteiger partial charge on any atom is 0.0603 e. The van der Waals surface area contributed by atoms with Crippen molar-refractivity contribution in [3.63, 3.8) is 0 Å². The molecule has 0 radical (unpaired) electrons. The maximum absolute atomic E-state index is 9.64. The molecule has 1 saturated carbocycles.